The number of aryl methyl sites for hydroxylation is 1. The lowest BCUT2D eigenvalue weighted by Crippen LogP contribution is -2.34. The molecule has 0 unspecified atom stereocenters. The van der Waals surface area contributed by atoms with Gasteiger partial charge in [-0.3, -0.25) is 4.79 Å². The van der Waals surface area contributed by atoms with Crippen molar-refractivity contribution < 1.29 is 28.5 Å². The molecule has 0 aromatic heterocycles. The summed E-state index contributed by atoms with van der Waals surface area (Å²) in [6.45, 7) is 4.47. The smallest absolute Gasteiger partial charge is 0.342 e. The molecule has 0 saturated heterocycles. The summed E-state index contributed by atoms with van der Waals surface area (Å²) in [7, 11) is 1.48. The number of esters is 1. The standard InChI is InChI=1S/C21H23NO6/c1-4-22(11-15-6-8-18-19(10-15)28-13-27-18)20(23)12-26-21(24)16-9-14(2)5-7-17(16)25-3/h5-10H,4,11-13H2,1-3H3. The maximum atomic E-state index is 12.5. The van der Waals surface area contributed by atoms with E-state index in [4.69, 9.17) is 18.9 Å². The summed E-state index contributed by atoms with van der Waals surface area (Å²) in [6, 6.07) is 10.8. The van der Waals surface area contributed by atoms with E-state index in [9.17, 15) is 9.59 Å². The quantitative estimate of drug-likeness (QED) is 0.683. The minimum absolute atomic E-state index is 0.202. The van der Waals surface area contributed by atoms with E-state index in [0.717, 1.165) is 11.1 Å². The first-order chi connectivity index (χ1) is 13.5. The molecule has 0 fully saturated rings. The van der Waals surface area contributed by atoms with Gasteiger partial charge in [-0.15, -0.1) is 0 Å². The largest absolute Gasteiger partial charge is 0.496 e. The van der Waals surface area contributed by atoms with Crippen LogP contribution < -0.4 is 14.2 Å². The van der Waals surface area contributed by atoms with Crippen LogP contribution in [0.15, 0.2) is 36.4 Å². The second-order valence-electron chi connectivity index (χ2n) is 6.38. The van der Waals surface area contributed by atoms with Gasteiger partial charge in [0.05, 0.1) is 7.11 Å². The summed E-state index contributed by atoms with van der Waals surface area (Å²) in [4.78, 5) is 26.5. The van der Waals surface area contributed by atoms with Gasteiger partial charge in [-0.05, 0) is 43.7 Å². The Hall–Kier alpha value is -3.22. The predicted molar refractivity (Wildman–Crippen MR) is 102 cm³/mol. The number of rotatable bonds is 7. The zero-order chi connectivity index (χ0) is 20.1. The van der Waals surface area contributed by atoms with Gasteiger partial charge in [0.25, 0.3) is 5.91 Å². The number of carbonyl (C=O) groups excluding carboxylic acids is 2. The highest BCUT2D eigenvalue weighted by Gasteiger charge is 2.20. The maximum Gasteiger partial charge on any atom is 0.342 e. The number of likely N-dealkylation sites (N-methyl/N-ethyl adjacent to an activating group) is 1. The van der Waals surface area contributed by atoms with E-state index in [-0.39, 0.29) is 19.3 Å². The van der Waals surface area contributed by atoms with Gasteiger partial charge < -0.3 is 23.8 Å². The number of hydrogen-bond donors (Lipinski definition) is 0. The van der Waals surface area contributed by atoms with Gasteiger partial charge in [-0.2, -0.15) is 0 Å². The molecule has 2 aromatic rings. The first kappa shape index (κ1) is 19.5. The zero-order valence-corrected chi connectivity index (χ0v) is 16.2. The van der Waals surface area contributed by atoms with Crippen molar-refractivity contribution in [2.45, 2.75) is 20.4 Å². The second kappa shape index (κ2) is 8.65. The lowest BCUT2D eigenvalue weighted by Gasteiger charge is -2.21. The third-order valence-electron chi connectivity index (χ3n) is 4.45. The molecular formula is C21H23NO6. The topological polar surface area (TPSA) is 74.3 Å². The minimum Gasteiger partial charge on any atom is -0.496 e. The van der Waals surface area contributed by atoms with Crippen LogP contribution in [0.25, 0.3) is 0 Å². The number of carbonyl (C=O) groups is 2. The molecule has 148 valence electrons. The monoisotopic (exact) mass is 385 g/mol. The summed E-state index contributed by atoms with van der Waals surface area (Å²) in [5, 5.41) is 0. The Balaban J connectivity index is 1.61. The maximum absolute atomic E-state index is 12.5. The van der Waals surface area contributed by atoms with Crippen LogP contribution in [-0.4, -0.2) is 43.8 Å². The number of nitrogens with zero attached hydrogens (tertiary/aromatic N) is 1. The molecule has 0 saturated carbocycles. The molecule has 1 heterocycles. The molecule has 0 radical (unpaired) electrons. The number of amides is 1. The summed E-state index contributed by atoms with van der Waals surface area (Å²) < 4.78 is 21.1. The SMILES string of the molecule is CCN(Cc1ccc2c(c1)OCO2)C(=O)COC(=O)c1cc(C)ccc1OC. The molecule has 0 aliphatic carbocycles. The van der Waals surface area contributed by atoms with Gasteiger partial charge in [0.1, 0.15) is 11.3 Å². The number of ether oxygens (including phenoxy) is 4. The average molecular weight is 385 g/mol. The third-order valence-corrected chi connectivity index (χ3v) is 4.45. The Kier molecular flexibility index (Phi) is 6.03. The second-order valence-corrected chi connectivity index (χ2v) is 6.38. The van der Waals surface area contributed by atoms with Crippen molar-refractivity contribution in [1.82, 2.24) is 4.90 Å². The Morgan fingerprint density at radius 3 is 2.64 bits per heavy atom. The molecular weight excluding hydrogens is 362 g/mol. The van der Waals surface area contributed by atoms with Crippen LogP contribution in [0.1, 0.15) is 28.4 Å². The van der Waals surface area contributed by atoms with Gasteiger partial charge in [0.15, 0.2) is 18.1 Å². The van der Waals surface area contributed by atoms with Crippen LogP contribution in [0.4, 0.5) is 0 Å². The number of benzene rings is 2. The molecule has 0 N–H and O–H groups in total. The van der Waals surface area contributed by atoms with Gasteiger partial charge in [-0.25, -0.2) is 4.79 Å². The summed E-state index contributed by atoms with van der Waals surface area (Å²) in [5.41, 5.74) is 2.11. The zero-order valence-electron chi connectivity index (χ0n) is 16.2. The highest BCUT2D eigenvalue weighted by Crippen LogP contribution is 2.32. The van der Waals surface area contributed by atoms with Crippen LogP contribution in [0.2, 0.25) is 0 Å². The van der Waals surface area contributed by atoms with Crippen LogP contribution in [0, 0.1) is 6.92 Å². The van der Waals surface area contributed by atoms with Crippen molar-refractivity contribution in [1.29, 1.82) is 0 Å². The lowest BCUT2D eigenvalue weighted by atomic mass is 10.1. The van der Waals surface area contributed by atoms with E-state index in [1.165, 1.54) is 7.11 Å². The fourth-order valence-electron chi connectivity index (χ4n) is 2.91. The molecule has 1 amide bonds. The Morgan fingerprint density at radius 2 is 1.89 bits per heavy atom. The number of fused-ring (bicyclic) bond motifs is 1. The van der Waals surface area contributed by atoms with Gasteiger partial charge in [0, 0.05) is 13.1 Å². The fourth-order valence-corrected chi connectivity index (χ4v) is 2.91. The molecule has 7 heteroatoms. The fraction of sp³-hybridized carbons (Fsp3) is 0.333. The summed E-state index contributed by atoms with van der Waals surface area (Å²) in [6.07, 6.45) is 0. The van der Waals surface area contributed by atoms with Crippen LogP contribution in [0.3, 0.4) is 0 Å². The van der Waals surface area contributed by atoms with Gasteiger partial charge in [-0.1, -0.05) is 17.7 Å². The van der Waals surface area contributed by atoms with Crippen molar-refractivity contribution in [2.75, 3.05) is 27.1 Å². The van der Waals surface area contributed by atoms with E-state index < -0.39 is 5.97 Å². The minimum atomic E-state index is -0.590. The molecule has 7 nitrogen and oxygen atoms in total. The molecule has 2 aromatic carbocycles. The highest BCUT2D eigenvalue weighted by molar-refractivity contribution is 5.94. The lowest BCUT2D eigenvalue weighted by molar-refractivity contribution is -0.134. The van der Waals surface area contributed by atoms with Crippen LogP contribution >= 0.6 is 0 Å². The van der Waals surface area contributed by atoms with E-state index in [1.807, 2.05) is 38.1 Å². The third kappa shape index (κ3) is 4.36. The first-order valence-corrected chi connectivity index (χ1v) is 9.00. The normalized spacial score (nSPS) is 11.8. The highest BCUT2D eigenvalue weighted by atomic mass is 16.7. The van der Waals surface area contributed by atoms with Crippen LogP contribution in [0.5, 0.6) is 17.2 Å². The molecule has 1 aliphatic rings. The molecule has 0 atom stereocenters. The van der Waals surface area contributed by atoms with Gasteiger partial charge in [0.2, 0.25) is 6.79 Å². The molecule has 3 rings (SSSR count). The summed E-state index contributed by atoms with van der Waals surface area (Å²) in [5.74, 6) is 0.905. The van der Waals surface area contributed by atoms with Crippen LogP contribution in [-0.2, 0) is 16.1 Å². The predicted octanol–water partition coefficient (Wildman–Crippen LogP) is 2.94. The van der Waals surface area contributed by atoms with Crippen molar-refractivity contribution in [3.8, 4) is 17.2 Å². The van der Waals surface area contributed by atoms with E-state index in [1.54, 1.807) is 17.0 Å². The number of methoxy groups -OCH3 is 1. The summed E-state index contributed by atoms with van der Waals surface area (Å²) >= 11 is 0. The average Bonchev–Trinajstić information content (AvgIpc) is 3.17. The van der Waals surface area contributed by atoms with Gasteiger partial charge >= 0.3 is 5.97 Å². The van der Waals surface area contributed by atoms with Crippen molar-refractivity contribution >= 4 is 11.9 Å². The molecule has 1 aliphatic heterocycles. The first-order valence-electron chi connectivity index (χ1n) is 9.00. The van der Waals surface area contributed by atoms with Crippen molar-refractivity contribution in [2.24, 2.45) is 0 Å². The molecule has 28 heavy (non-hydrogen) atoms. The Labute approximate surface area is 163 Å². The molecule has 0 bridgehead atoms. The number of hydrogen-bond acceptors (Lipinski definition) is 6. The molecule has 0 spiro atoms. The Bertz CT molecular complexity index is 879. The van der Waals surface area contributed by atoms with Crippen molar-refractivity contribution in [3.63, 3.8) is 0 Å². The van der Waals surface area contributed by atoms with E-state index in [2.05, 4.69) is 0 Å². The van der Waals surface area contributed by atoms with E-state index in [0.29, 0.717) is 35.9 Å². The van der Waals surface area contributed by atoms with E-state index >= 15 is 0 Å². The van der Waals surface area contributed by atoms with Crippen molar-refractivity contribution in [3.05, 3.63) is 53.1 Å². The Morgan fingerprint density at radius 1 is 1.11 bits per heavy atom.